The summed E-state index contributed by atoms with van der Waals surface area (Å²) in [6, 6.07) is 12.1. The highest BCUT2D eigenvalue weighted by atomic mass is 16.5. The van der Waals surface area contributed by atoms with E-state index in [1.807, 2.05) is 31.2 Å². The topological polar surface area (TPSA) is 65.6 Å². The fourth-order valence-electron chi connectivity index (χ4n) is 3.85. The molecule has 0 spiro atoms. The summed E-state index contributed by atoms with van der Waals surface area (Å²) < 4.78 is 5.39. The molecule has 6 heteroatoms. The molecule has 0 aromatic heterocycles. The van der Waals surface area contributed by atoms with Crippen LogP contribution in [0, 0.1) is 13.8 Å². The van der Waals surface area contributed by atoms with Crippen LogP contribution in [0.5, 0.6) is 0 Å². The number of ether oxygens (including phenoxy) is 1. The molecule has 2 aromatic rings. The monoisotopic (exact) mass is 392 g/mol. The van der Waals surface area contributed by atoms with Crippen LogP contribution in [0.15, 0.2) is 42.6 Å². The number of nitrogens with one attached hydrogen (secondary N) is 3. The zero-order valence-corrected chi connectivity index (χ0v) is 17.0. The second kappa shape index (κ2) is 8.68. The molecule has 0 atom stereocenters. The normalized spacial score (nSPS) is 17.9. The Morgan fingerprint density at radius 2 is 1.97 bits per heavy atom. The van der Waals surface area contributed by atoms with E-state index in [0.717, 1.165) is 67.6 Å². The van der Waals surface area contributed by atoms with Gasteiger partial charge in [0, 0.05) is 55.0 Å². The van der Waals surface area contributed by atoms with E-state index < -0.39 is 0 Å². The van der Waals surface area contributed by atoms with Crippen molar-refractivity contribution in [1.29, 1.82) is 0 Å². The summed E-state index contributed by atoms with van der Waals surface area (Å²) in [5, 5.41) is 9.74. The molecule has 3 N–H and O–H groups in total. The molecule has 2 heterocycles. The van der Waals surface area contributed by atoms with Crippen LogP contribution in [0.2, 0.25) is 0 Å². The quantitative estimate of drug-likeness (QED) is 0.657. The SMILES string of the molecule is Cc1cc(NC=C2C(=O)Nc3cccc(C)c32)ccc1NCCN1CCOCC1. The Kier molecular flexibility index (Phi) is 5.83. The summed E-state index contributed by atoms with van der Waals surface area (Å²) in [6.07, 6.45) is 1.80. The van der Waals surface area contributed by atoms with Crippen molar-refractivity contribution in [2.75, 3.05) is 55.3 Å². The molecule has 0 saturated carbocycles. The standard InChI is InChI=1S/C23H28N4O2/c1-16-4-3-5-21-22(16)19(23(28)26-21)15-25-18-6-7-20(17(2)14-18)24-8-9-27-10-12-29-13-11-27/h3-7,14-15,24-25H,8-13H2,1-2H3,(H,26,28). The van der Waals surface area contributed by atoms with Crippen LogP contribution in [0.4, 0.5) is 17.1 Å². The average Bonchev–Trinajstić information content (AvgIpc) is 3.05. The Labute approximate surface area is 171 Å². The molecule has 1 fully saturated rings. The number of carbonyl (C=O) groups excluding carboxylic acids is 1. The van der Waals surface area contributed by atoms with Crippen LogP contribution in [-0.4, -0.2) is 50.2 Å². The van der Waals surface area contributed by atoms with Crippen LogP contribution in [0.3, 0.4) is 0 Å². The van der Waals surface area contributed by atoms with Crippen molar-refractivity contribution < 1.29 is 9.53 Å². The van der Waals surface area contributed by atoms with Gasteiger partial charge in [0.05, 0.1) is 18.8 Å². The number of amides is 1. The summed E-state index contributed by atoms with van der Waals surface area (Å²) in [6.45, 7) is 9.72. The third-order valence-electron chi connectivity index (χ3n) is 5.49. The van der Waals surface area contributed by atoms with Crippen molar-refractivity contribution in [3.05, 3.63) is 59.3 Å². The Hall–Kier alpha value is -2.83. The first-order valence-electron chi connectivity index (χ1n) is 10.1. The number of benzene rings is 2. The highest BCUT2D eigenvalue weighted by Crippen LogP contribution is 2.34. The number of fused-ring (bicyclic) bond motifs is 1. The molecule has 2 aromatic carbocycles. The van der Waals surface area contributed by atoms with E-state index in [1.165, 1.54) is 5.56 Å². The van der Waals surface area contributed by atoms with Crippen LogP contribution < -0.4 is 16.0 Å². The van der Waals surface area contributed by atoms with E-state index in [4.69, 9.17) is 4.74 Å². The molecule has 0 unspecified atom stereocenters. The Morgan fingerprint density at radius 1 is 1.14 bits per heavy atom. The first kappa shape index (κ1) is 19.5. The third kappa shape index (κ3) is 4.44. The fraction of sp³-hybridized carbons (Fsp3) is 0.348. The van der Waals surface area contributed by atoms with E-state index in [1.54, 1.807) is 6.20 Å². The molecular formula is C23H28N4O2. The lowest BCUT2D eigenvalue weighted by Gasteiger charge is -2.26. The molecule has 29 heavy (non-hydrogen) atoms. The summed E-state index contributed by atoms with van der Waals surface area (Å²) in [5.41, 5.74) is 6.87. The number of nitrogens with zero attached hydrogens (tertiary/aromatic N) is 1. The molecule has 4 rings (SSSR count). The van der Waals surface area contributed by atoms with Crippen molar-refractivity contribution in [3.63, 3.8) is 0 Å². The third-order valence-corrected chi connectivity index (χ3v) is 5.49. The number of aryl methyl sites for hydroxylation is 2. The molecule has 6 nitrogen and oxygen atoms in total. The lowest BCUT2D eigenvalue weighted by atomic mass is 10.0. The predicted octanol–water partition coefficient (Wildman–Crippen LogP) is 3.45. The first-order valence-corrected chi connectivity index (χ1v) is 10.1. The maximum atomic E-state index is 12.3. The number of anilines is 3. The summed E-state index contributed by atoms with van der Waals surface area (Å²) in [7, 11) is 0. The van der Waals surface area contributed by atoms with Gasteiger partial charge >= 0.3 is 0 Å². The number of carbonyl (C=O) groups is 1. The van der Waals surface area contributed by atoms with Crippen molar-refractivity contribution in [2.24, 2.45) is 0 Å². The molecule has 0 aliphatic carbocycles. The lowest BCUT2D eigenvalue weighted by molar-refractivity contribution is -0.110. The minimum absolute atomic E-state index is 0.0695. The largest absolute Gasteiger partial charge is 0.384 e. The summed E-state index contributed by atoms with van der Waals surface area (Å²) in [4.78, 5) is 14.8. The van der Waals surface area contributed by atoms with Crippen LogP contribution in [-0.2, 0) is 9.53 Å². The zero-order valence-electron chi connectivity index (χ0n) is 17.0. The minimum Gasteiger partial charge on any atom is -0.384 e. The van der Waals surface area contributed by atoms with Gasteiger partial charge in [0.25, 0.3) is 5.91 Å². The van der Waals surface area contributed by atoms with Gasteiger partial charge in [0.2, 0.25) is 0 Å². The maximum absolute atomic E-state index is 12.3. The van der Waals surface area contributed by atoms with Crippen LogP contribution in [0.1, 0.15) is 16.7 Å². The maximum Gasteiger partial charge on any atom is 0.257 e. The molecule has 0 radical (unpaired) electrons. The van der Waals surface area contributed by atoms with Gasteiger partial charge in [-0.15, -0.1) is 0 Å². The Morgan fingerprint density at radius 3 is 2.76 bits per heavy atom. The average molecular weight is 393 g/mol. The second-order valence-electron chi connectivity index (χ2n) is 7.56. The number of hydrogen-bond acceptors (Lipinski definition) is 5. The number of hydrogen-bond donors (Lipinski definition) is 3. The van der Waals surface area contributed by atoms with Crippen molar-refractivity contribution in [1.82, 2.24) is 4.90 Å². The molecule has 1 amide bonds. The summed E-state index contributed by atoms with van der Waals surface area (Å²) in [5.74, 6) is -0.0695. The van der Waals surface area contributed by atoms with E-state index in [-0.39, 0.29) is 5.91 Å². The molecule has 2 aliphatic heterocycles. The van der Waals surface area contributed by atoms with Crippen molar-refractivity contribution in [3.8, 4) is 0 Å². The number of rotatable bonds is 6. The van der Waals surface area contributed by atoms with Gasteiger partial charge in [-0.1, -0.05) is 12.1 Å². The molecule has 2 aliphatic rings. The highest BCUT2D eigenvalue weighted by molar-refractivity contribution is 6.32. The van der Waals surface area contributed by atoms with Crippen LogP contribution in [0.25, 0.3) is 5.57 Å². The predicted molar refractivity (Wildman–Crippen MR) is 118 cm³/mol. The number of morpholine rings is 1. The highest BCUT2D eigenvalue weighted by Gasteiger charge is 2.25. The first-order chi connectivity index (χ1) is 14.1. The fourth-order valence-corrected chi connectivity index (χ4v) is 3.85. The van der Waals surface area contributed by atoms with Gasteiger partial charge in [-0.3, -0.25) is 9.69 Å². The smallest absolute Gasteiger partial charge is 0.257 e. The van der Waals surface area contributed by atoms with Crippen LogP contribution >= 0.6 is 0 Å². The van der Waals surface area contributed by atoms with Gasteiger partial charge < -0.3 is 20.7 Å². The minimum atomic E-state index is -0.0695. The zero-order chi connectivity index (χ0) is 20.2. The van der Waals surface area contributed by atoms with E-state index in [2.05, 4.69) is 39.9 Å². The van der Waals surface area contributed by atoms with E-state index in [9.17, 15) is 4.79 Å². The van der Waals surface area contributed by atoms with Crippen molar-refractivity contribution in [2.45, 2.75) is 13.8 Å². The van der Waals surface area contributed by atoms with Gasteiger partial charge in [0.1, 0.15) is 0 Å². The summed E-state index contributed by atoms with van der Waals surface area (Å²) >= 11 is 0. The lowest BCUT2D eigenvalue weighted by Crippen LogP contribution is -2.39. The molecule has 152 valence electrons. The van der Waals surface area contributed by atoms with Gasteiger partial charge in [-0.25, -0.2) is 0 Å². The van der Waals surface area contributed by atoms with E-state index in [0.29, 0.717) is 5.57 Å². The van der Waals surface area contributed by atoms with Gasteiger partial charge in [0.15, 0.2) is 0 Å². The van der Waals surface area contributed by atoms with Gasteiger partial charge in [-0.2, -0.15) is 0 Å². The second-order valence-corrected chi connectivity index (χ2v) is 7.56. The molecule has 1 saturated heterocycles. The van der Waals surface area contributed by atoms with E-state index >= 15 is 0 Å². The van der Waals surface area contributed by atoms with Gasteiger partial charge in [-0.05, 0) is 49.2 Å². The molecular weight excluding hydrogens is 364 g/mol. The Balaban J connectivity index is 1.39. The molecule has 0 bridgehead atoms. The Bertz CT molecular complexity index is 932. The van der Waals surface area contributed by atoms with Crippen molar-refractivity contribution >= 4 is 28.5 Å².